The number of aromatic nitrogens is 3. The van der Waals surface area contributed by atoms with Crippen LogP contribution in [0, 0.1) is 0 Å². The minimum atomic E-state index is -0.448. The molecule has 3 aromatic heterocycles. The van der Waals surface area contributed by atoms with Gasteiger partial charge in [0.2, 0.25) is 11.8 Å². The van der Waals surface area contributed by atoms with Gasteiger partial charge in [-0.2, -0.15) is 0 Å². The third-order valence-electron chi connectivity index (χ3n) is 9.15. The number of likely N-dealkylation sites (tertiary alicyclic amines) is 1. The van der Waals surface area contributed by atoms with E-state index in [1.165, 1.54) is 0 Å². The van der Waals surface area contributed by atoms with Gasteiger partial charge in [-0.3, -0.25) is 9.69 Å². The van der Waals surface area contributed by atoms with Crippen LogP contribution < -0.4 is 20.7 Å². The zero-order valence-electron chi connectivity index (χ0n) is 27.3. The minimum absolute atomic E-state index is 0.00310. The highest BCUT2D eigenvalue weighted by molar-refractivity contribution is 7.18. The van der Waals surface area contributed by atoms with Crippen molar-refractivity contribution >= 4 is 62.2 Å². The average molecular weight is 735 g/mol. The lowest BCUT2D eigenvalue weighted by atomic mass is 10.00. The number of fused-ring (bicyclic) bond motifs is 1. The van der Waals surface area contributed by atoms with Gasteiger partial charge >= 0.3 is 0 Å². The summed E-state index contributed by atoms with van der Waals surface area (Å²) in [6.07, 6.45) is 3.24. The quantitative estimate of drug-likeness (QED) is 0.107. The van der Waals surface area contributed by atoms with Gasteiger partial charge in [-0.15, -0.1) is 11.3 Å². The molecule has 5 aromatic rings. The largest absolute Gasteiger partial charge is 0.481 e. The van der Waals surface area contributed by atoms with Crippen LogP contribution >= 0.6 is 34.5 Å². The highest BCUT2D eigenvalue weighted by Gasteiger charge is 2.31. The summed E-state index contributed by atoms with van der Waals surface area (Å²) in [5.74, 6) is 1.16. The van der Waals surface area contributed by atoms with Gasteiger partial charge in [-0.05, 0) is 31.0 Å². The third kappa shape index (κ3) is 7.28. The molecule has 2 fully saturated rings. The number of anilines is 2. The summed E-state index contributed by atoms with van der Waals surface area (Å²) >= 11 is 15.7. The molecule has 2 unspecified atom stereocenters. The maximum Gasteiger partial charge on any atom is 0.220 e. The second kappa shape index (κ2) is 15.2. The number of hydrogen-bond acceptors (Lipinski definition) is 11. The van der Waals surface area contributed by atoms with Crippen molar-refractivity contribution in [2.24, 2.45) is 0 Å². The summed E-state index contributed by atoms with van der Waals surface area (Å²) in [6.45, 7) is 2.26. The molecule has 7 rings (SSSR count). The first-order valence-electron chi connectivity index (χ1n) is 16.5. The number of halogens is 2. The molecule has 0 spiro atoms. The average Bonchev–Trinajstić information content (AvgIpc) is 3.83. The molecule has 2 aromatic carbocycles. The van der Waals surface area contributed by atoms with Crippen LogP contribution in [0.15, 0.2) is 60.8 Å². The summed E-state index contributed by atoms with van der Waals surface area (Å²) < 4.78 is 6.61. The SMILES string of the molecule is COc1nc(-c2cccc(-c3cccc(Nc4nccc5sc(CN6CC(O)CC6CO)nc45)c3Cl)c2Cl)ccc1CNC[C@H]1CCC(=O)N1. The molecule has 3 atom stereocenters. The monoisotopic (exact) mass is 733 g/mol. The van der Waals surface area contributed by atoms with Crippen molar-refractivity contribution in [3.05, 3.63) is 81.4 Å². The van der Waals surface area contributed by atoms with Gasteiger partial charge in [0.25, 0.3) is 0 Å². The first-order chi connectivity index (χ1) is 24.3. The predicted octanol–water partition coefficient (Wildman–Crippen LogP) is 5.78. The number of methoxy groups -OCH3 is 1. The fourth-order valence-electron chi connectivity index (χ4n) is 6.62. The number of thiazole rings is 1. The number of hydrogen-bond donors (Lipinski definition) is 5. The number of benzene rings is 2. The molecule has 5 N–H and O–H groups in total. The smallest absolute Gasteiger partial charge is 0.220 e. The topological polar surface area (TPSA) is 145 Å². The highest BCUT2D eigenvalue weighted by Crippen LogP contribution is 2.42. The Bertz CT molecular complexity index is 2030. The van der Waals surface area contributed by atoms with Crippen molar-refractivity contribution in [3.63, 3.8) is 0 Å². The minimum Gasteiger partial charge on any atom is -0.481 e. The van der Waals surface area contributed by atoms with Gasteiger partial charge in [-0.25, -0.2) is 15.0 Å². The van der Waals surface area contributed by atoms with Crippen molar-refractivity contribution in [2.75, 3.05) is 32.1 Å². The number of nitrogens with zero attached hydrogens (tertiary/aromatic N) is 4. The standard InChI is InChI=1S/C36H37Cl2N7O4S/c1-49-36-20(15-39-16-21-9-11-30(48)41-21)8-10-27(43-36)26-6-2-4-24(32(26)37)25-5-3-7-28(33(25)38)42-35-34-29(12-13-40-35)50-31(44-34)18-45-17-23(47)14-22(45)19-46/h2-8,10,12-13,21-23,39,46-47H,9,11,14-19H2,1H3,(H,40,42)(H,41,48)/t21-,22?,23?/m1/s1. The molecule has 0 bridgehead atoms. The van der Waals surface area contributed by atoms with E-state index in [0.717, 1.165) is 43.9 Å². The van der Waals surface area contributed by atoms with E-state index in [0.29, 0.717) is 72.1 Å². The number of amides is 1. The number of aliphatic hydroxyl groups excluding tert-OH is 2. The molecule has 2 aliphatic heterocycles. The zero-order chi connectivity index (χ0) is 34.8. The first-order valence-corrected chi connectivity index (χ1v) is 18.0. The normalized spacial score (nSPS) is 19.3. The highest BCUT2D eigenvalue weighted by atomic mass is 35.5. The Morgan fingerprint density at radius 1 is 1.06 bits per heavy atom. The number of pyridine rings is 2. The lowest BCUT2D eigenvalue weighted by molar-refractivity contribution is -0.119. The van der Waals surface area contributed by atoms with Crippen LogP contribution in [-0.4, -0.2) is 81.0 Å². The van der Waals surface area contributed by atoms with Crippen LogP contribution in [0.25, 0.3) is 32.6 Å². The lowest BCUT2D eigenvalue weighted by Gasteiger charge is -2.20. The Balaban J connectivity index is 1.11. The molecule has 5 heterocycles. The van der Waals surface area contributed by atoms with E-state index < -0.39 is 6.10 Å². The summed E-state index contributed by atoms with van der Waals surface area (Å²) in [7, 11) is 1.59. The lowest BCUT2D eigenvalue weighted by Crippen LogP contribution is -2.35. The molecule has 11 nitrogen and oxygen atoms in total. The van der Waals surface area contributed by atoms with Gasteiger partial charge < -0.3 is 30.9 Å². The van der Waals surface area contributed by atoms with E-state index in [9.17, 15) is 15.0 Å². The molecular weight excluding hydrogens is 697 g/mol. The number of ether oxygens (including phenoxy) is 1. The van der Waals surface area contributed by atoms with E-state index in [1.54, 1.807) is 24.6 Å². The van der Waals surface area contributed by atoms with Crippen LogP contribution in [0.4, 0.5) is 11.5 Å². The first kappa shape index (κ1) is 34.6. The molecule has 1 amide bonds. The second-order valence-electron chi connectivity index (χ2n) is 12.5. The number of nitrogens with one attached hydrogen (secondary N) is 3. The Hall–Kier alpha value is -3.88. The number of aliphatic hydroxyl groups is 2. The molecule has 0 saturated carbocycles. The Morgan fingerprint density at radius 3 is 2.64 bits per heavy atom. The number of rotatable bonds is 12. The van der Waals surface area contributed by atoms with E-state index in [4.69, 9.17) is 37.9 Å². The van der Waals surface area contributed by atoms with Gasteiger partial charge in [-0.1, -0.05) is 59.6 Å². The molecule has 2 aliphatic rings. The molecule has 0 aliphatic carbocycles. The summed E-state index contributed by atoms with van der Waals surface area (Å²) in [4.78, 5) is 27.8. The maximum atomic E-state index is 11.5. The van der Waals surface area contributed by atoms with Crippen LogP contribution in [0.2, 0.25) is 10.0 Å². The Morgan fingerprint density at radius 2 is 1.86 bits per heavy atom. The number of β-amino-alcohol motifs (C(OH)–C–C–N with tert-alkyl or cyclic N) is 1. The molecule has 0 radical (unpaired) electrons. The van der Waals surface area contributed by atoms with Crippen molar-refractivity contribution < 1.29 is 19.7 Å². The number of carbonyl (C=O) groups is 1. The van der Waals surface area contributed by atoms with Gasteiger partial charge in [0.15, 0.2) is 5.82 Å². The summed E-state index contributed by atoms with van der Waals surface area (Å²) in [5, 5.41) is 31.5. The van der Waals surface area contributed by atoms with E-state index in [1.807, 2.05) is 54.6 Å². The molecule has 50 heavy (non-hydrogen) atoms. The molecular formula is C36H37Cl2N7O4S. The third-order valence-corrected chi connectivity index (χ3v) is 11.0. The van der Waals surface area contributed by atoms with E-state index in [-0.39, 0.29) is 24.6 Å². The Kier molecular flexibility index (Phi) is 10.5. The van der Waals surface area contributed by atoms with Crippen molar-refractivity contribution in [3.8, 4) is 28.3 Å². The Labute approximate surface area is 303 Å². The van der Waals surface area contributed by atoms with Crippen LogP contribution in [-0.2, 0) is 17.9 Å². The molecule has 14 heteroatoms. The van der Waals surface area contributed by atoms with Crippen molar-refractivity contribution in [2.45, 2.75) is 50.5 Å². The zero-order valence-corrected chi connectivity index (χ0v) is 29.7. The van der Waals surface area contributed by atoms with Gasteiger partial charge in [0, 0.05) is 66.6 Å². The fourth-order valence-corrected chi connectivity index (χ4v) is 8.21. The molecule has 260 valence electrons. The van der Waals surface area contributed by atoms with Crippen molar-refractivity contribution in [1.29, 1.82) is 0 Å². The fraction of sp³-hybridized carbons (Fsp3) is 0.333. The number of carbonyl (C=O) groups excluding carboxylic acids is 1. The van der Waals surface area contributed by atoms with Crippen LogP contribution in [0.1, 0.15) is 29.8 Å². The maximum absolute atomic E-state index is 11.5. The summed E-state index contributed by atoms with van der Waals surface area (Å²) in [6, 6.07) is 17.4. The van der Waals surface area contributed by atoms with E-state index in [2.05, 4.69) is 25.8 Å². The summed E-state index contributed by atoms with van der Waals surface area (Å²) in [5.41, 5.74) is 5.15. The predicted molar refractivity (Wildman–Crippen MR) is 197 cm³/mol. The molecule has 2 saturated heterocycles. The van der Waals surface area contributed by atoms with Crippen LogP contribution in [0.3, 0.4) is 0 Å². The van der Waals surface area contributed by atoms with E-state index >= 15 is 0 Å². The van der Waals surface area contributed by atoms with Gasteiger partial charge in [0.1, 0.15) is 10.5 Å². The van der Waals surface area contributed by atoms with Crippen LogP contribution in [0.5, 0.6) is 5.88 Å². The van der Waals surface area contributed by atoms with Gasteiger partial charge in [0.05, 0.1) is 52.5 Å². The van der Waals surface area contributed by atoms with Crippen molar-refractivity contribution in [1.82, 2.24) is 30.5 Å². The second-order valence-corrected chi connectivity index (χ2v) is 14.4.